The molecule has 1 aliphatic heterocycles. The van der Waals surface area contributed by atoms with Gasteiger partial charge < -0.3 is 10.0 Å². The van der Waals surface area contributed by atoms with Gasteiger partial charge in [0, 0.05) is 31.3 Å². The third kappa shape index (κ3) is 2.66. The van der Waals surface area contributed by atoms with E-state index in [-0.39, 0.29) is 6.61 Å². The Labute approximate surface area is 134 Å². The van der Waals surface area contributed by atoms with E-state index in [1.54, 1.807) is 4.52 Å². The molecule has 0 unspecified atom stereocenters. The summed E-state index contributed by atoms with van der Waals surface area (Å²) in [7, 11) is 0. The standard InChI is InChI=1S/C17H19N5O/c23-11-13-5-4-8-21(10-13)16-9-15(14-6-2-1-3-7-14)20-17-18-12-19-22(16)17/h1-3,6-7,9,12-13,23H,4-5,8,10-11H2/t13-/m1/s1. The molecule has 0 amide bonds. The number of fused-ring (bicyclic) bond motifs is 1. The molecule has 0 saturated carbocycles. The Morgan fingerprint density at radius 1 is 1.22 bits per heavy atom. The molecule has 1 N–H and O–H groups in total. The van der Waals surface area contributed by atoms with Crippen molar-refractivity contribution in [3.05, 3.63) is 42.7 Å². The monoisotopic (exact) mass is 309 g/mol. The number of piperidine rings is 1. The Morgan fingerprint density at radius 3 is 2.91 bits per heavy atom. The molecule has 0 aliphatic carbocycles. The molecule has 4 rings (SSSR count). The van der Waals surface area contributed by atoms with Crippen LogP contribution in [0.4, 0.5) is 5.82 Å². The number of aliphatic hydroxyl groups is 1. The van der Waals surface area contributed by atoms with E-state index in [0.717, 1.165) is 43.0 Å². The maximum Gasteiger partial charge on any atom is 0.254 e. The minimum atomic E-state index is 0.230. The highest BCUT2D eigenvalue weighted by atomic mass is 16.3. The molecule has 1 atom stereocenters. The zero-order chi connectivity index (χ0) is 15.6. The summed E-state index contributed by atoms with van der Waals surface area (Å²) in [6.45, 7) is 2.03. The molecular formula is C17H19N5O. The molecule has 1 saturated heterocycles. The van der Waals surface area contributed by atoms with Crippen molar-refractivity contribution in [1.82, 2.24) is 19.6 Å². The quantitative estimate of drug-likeness (QED) is 0.801. The van der Waals surface area contributed by atoms with Gasteiger partial charge in [0.25, 0.3) is 5.78 Å². The Hall–Kier alpha value is -2.47. The van der Waals surface area contributed by atoms with Crippen molar-refractivity contribution in [1.29, 1.82) is 0 Å². The molecule has 23 heavy (non-hydrogen) atoms. The second kappa shape index (κ2) is 5.96. The van der Waals surface area contributed by atoms with Crippen molar-refractivity contribution >= 4 is 11.6 Å². The van der Waals surface area contributed by atoms with E-state index in [1.807, 2.05) is 30.3 Å². The van der Waals surface area contributed by atoms with E-state index in [9.17, 15) is 5.11 Å². The lowest BCUT2D eigenvalue weighted by atomic mass is 9.99. The van der Waals surface area contributed by atoms with E-state index < -0.39 is 0 Å². The second-order valence-corrected chi connectivity index (χ2v) is 5.97. The zero-order valence-electron chi connectivity index (χ0n) is 12.8. The molecular weight excluding hydrogens is 290 g/mol. The van der Waals surface area contributed by atoms with Crippen LogP contribution in [0.25, 0.3) is 17.0 Å². The Balaban J connectivity index is 1.80. The number of aliphatic hydroxyl groups excluding tert-OH is 1. The normalized spacial score (nSPS) is 18.5. The lowest BCUT2D eigenvalue weighted by Crippen LogP contribution is -2.38. The average Bonchev–Trinajstić information content (AvgIpc) is 3.10. The molecule has 1 aromatic carbocycles. The van der Waals surface area contributed by atoms with Crippen LogP contribution in [-0.2, 0) is 0 Å². The van der Waals surface area contributed by atoms with Crippen molar-refractivity contribution in [2.24, 2.45) is 5.92 Å². The first-order chi connectivity index (χ1) is 11.3. The number of hydrogen-bond donors (Lipinski definition) is 1. The molecule has 118 valence electrons. The largest absolute Gasteiger partial charge is 0.396 e. The molecule has 0 radical (unpaired) electrons. The second-order valence-electron chi connectivity index (χ2n) is 5.97. The van der Waals surface area contributed by atoms with Gasteiger partial charge in [-0.15, -0.1) is 0 Å². The number of hydrogen-bond acceptors (Lipinski definition) is 5. The summed E-state index contributed by atoms with van der Waals surface area (Å²) < 4.78 is 1.78. The molecule has 1 fully saturated rings. The van der Waals surface area contributed by atoms with Crippen molar-refractivity contribution in [2.75, 3.05) is 24.6 Å². The first-order valence-electron chi connectivity index (χ1n) is 7.97. The first kappa shape index (κ1) is 14.1. The van der Waals surface area contributed by atoms with Crippen LogP contribution in [0.5, 0.6) is 0 Å². The van der Waals surface area contributed by atoms with Crippen LogP contribution in [0.15, 0.2) is 42.7 Å². The molecule has 6 nitrogen and oxygen atoms in total. The molecule has 3 aromatic rings. The van der Waals surface area contributed by atoms with Crippen LogP contribution in [0, 0.1) is 5.92 Å². The van der Waals surface area contributed by atoms with E-state index in [1.165, 1.54) is 6.33 Å². The van der Waals surface area contributed by atoms with Crippen LogP contribution in [0.1, 0.15) is 12.8 Å². The number of rotatable bonds is 3. The predicted molar refractivity (Wildman–Crippen MR) is 88.2 cm³/mol. The summed E-state index contributed by atoms with van der Waals surface area (Å²) in [6, 6.07) is 12.2. The van der Waals surface area contributed by atoms with Crippen LogP contribution in [0.3, 0.4) is 0 Å². The van der Waals surface area contributed by atoms with Crippen molar-refractivity contribution < 1.29 is 5.11 Å². The molecule has 6 heteroatoms. The maximum absolute atomic E-state index is 9.49. The highest BCUT2D eigenvalue weighted by Crippen LogP contribution is 2.27. The molecule has 1 aliphatic rings. The predicted octanol–water partition coefficient (Wildman–Crippen LogP) is 2.00. The fourth-order valence-corrected chi connectivity index (χ4v) is 3.20. The SMILES string of the molecule is OC[C@@H]1CCCN(c2cc(-c3ccccc3)nc3ncnn23)C1. The summed E-state index contributed by atoms with van der Waals surface area (Å²) in [5.74, 6) is 1.91. The maximum atomic E-state index is 9.49. The summed E-state index contributed by atoms with van der Waals surface area (Å²) in [5, 5.41) is 13.8. The van der Waals surface area contributed by atoms with Crippen molar-refractivity contribution in [3.63, 3.8) is 0 Å². The first-order valence-corrected chi connectivity index (χ1v) is 7.97. The third-order valence-corrected chi connectivity index (χ3v) is 4.40. The van der Waals surface area contributed by atoms with Crippen LogP contribution in [0.2, 0.25) is 0 Å². The summed E-state index contributed by atoms with van der Waals surface area (Å²) in [6.07, 6.45) is 3.68. The van der Waals surface area contributed by atoms with E-state index in [0.29, 0.717) is 11.7 Å². The van der Waals surface area contributed by atoms with Crippen LogP contribution in [-0.4, -0.2) is 44.4 Å². The average molecular weight is 309 g/mol. The Morgan fingerprint density at radius 2 is 2.09 bits per heavy atom. The zero-order valence-corrected chi connectivity index (χ0v) is 12.8. The number of aromatic nitrogens is 4. The van der Waals surface area contributed by atoms with Gasteiger partial charge in [0.15, 0.2) is 0 Å². The Bertz CT molecular complexity index is 801. The molecule has 0 bridgehead atoms. The molecule has 0 spiro atoms. The molecule has 2 aromatic heterocycles. The highest BCUT2D eigenvalue weighted by Gasteiger charge is 2.22. The summed E-state index contributed by atoms with van der Waals surface area (Å²) in [5.41, 5.74) is 1.96. The van der Waals surface area contributed by atoms with Crippen LogP contribution < -0.4 is 4.90 Å². The fraction of sp³-hybridized carbons (Fsp3) is 0.353. The van der Waals surface area contributed by atoms with E-state index >= 15 is 0 Å². The summed E-state index contributed by atoms with van der Waals surface area (Å²) in [4.78, 5) is 11.2. The lowest BCUT2D eigenvalue weighted by molar-refractivity contribution is 0.208. The lowest BCUT2D eigenvalue weighted by Gasteiger charge is -2.33. The van der Waals surface area contributed by atoms with Gasteiger partial charge >= 0.3 is 0 Å². The topological polar surface area (TPSA) is 66.5 Å². The van der Waals surface area contributed by atoms with Gasteiger partial charge in [-0.25, -0.2) is 4.98 Å². The minimum Gasteiger partial charge on any atom is -0.396 e. The number of anilines is 1. The summed E-state index contributed by atoms with van der Waals surface area (Å²) >= 11 is 0. The van der Waals surface area contributed by atoms with Gasteiger partial charge in [-0.05, 0) is 18.8 Å². The van der Waals surface area contributed by atoms with Crippen LogP contribution >= 0.6 is 0 Å². The van der Waals surface area contributed by atoms with Gasteiger partial charge in [0.2, 0.25) is 0 Å². The van der Waals surface area contributed by atoms with Crippen molar-refractivity contribution in [2.45, 2.75) is 12.8 Å². The van der Waals surface area contributed by atoms with E-state index in [4.69, 9.17) is 0 Å². The smallest absolute Gasteiger partial charge is 0.254 e. The van der Waals surface area contributed by atoms with Gasteiger partial charge in [-0.3, -0.25) is 0 Å². The van der Waals surface area contributed by atoms with Gasteiger partial charge in [-0.2, -0.15) is 14.6 Å². The van der Waals surface area contributed by atoms with Gasteiger partial charge in [0.1, 0.15) is 12.1 Å². The molecule has 3 heterocycles. The number of nitrogens with zero attached hydrogens (tertiary/aromatic N) is 5. The fourth-order valence-electron chi connectivity index (χ4n) is 3.20. The van der Waals surface area contributed by atoms with Crippen molar-refractivity contribution in [3.8, 4) is 11.3 Å². The van der Waals surface area contributed by atoms with Gasteiger partial charge in [0.05, 0.1) is 5.69 Å². The van der Waals surface area contributed by atoms with E-state index in [2.05, 4.69) is 26.0 Å². The number of benzene rings is 1. The third-order valence-electron chi connectivity index (χ3n) is 4.40. The van der Waals surface area contributed by atoms with Gasteiger partial charge in [-0.1, -0.05) is 30.3 Å². The minimum absolute atomic E-state index is 0.230. The Kier molecular flexibility index (Phi) is 3.67. The highest BCUT2D eigenvalue weighted by molar-refractivity contribution is 5.65.